The second-order valence-electron chi connectivity index (χ2n) is 6.52. The molecule has 0 amide bonds. The van der Waals surface area contributed by atoms with Gasteiger partial charge in [0, 0.05) is 0 Å². The molecular formula is C19H19ClF4OSi. The van der Waals surface area contributed by atoms with Crippen LogP contribution >= 0.6 is 11.1 Å². The van der Waals surface area contributed by atoms with Gasteiger partial charge in [-0.2, -0.15) is 15.5 Å². The standard InChI is InChI=1S/C19H19ClF4OSi/c20-26-7-5-14(6-8-26)12-1-3-13(4-2-12)15-9-16(22)19(17(23)10-15)25-18(24)11-21/h1-4,9-10,14,18,26H,5-8,11H2. The van der Waals surface area contributed by atoms with Crippen LogP contribution in [-0.4, -0.2) is 21.1 Å². The molecule has 0 saturated carbocycles. The molecule has 3 rings (SSSR count). The van der Waals surface area contributed by atoms with Gasteiger partial charge < -0.3 is 4.74 Å². The summed E-state index contributed by atoms with van der Waals surface area (Å²) in [5.41, 5.74) is 2.16. The highest BCUT2D eigenvalue weighted by Crippen LogP contribution is 2.36. The number of rotatable bonds is 5. The first-order valence-electron chi connectivity index (χ1n) is 8.58. The average Bonchev–Trinajstić information content (AvgIpc) is 2.65. The predicted molar refractivity (Wildman–Crippen MR) is 97.9 cm³/mol. The Morgan fingerprint density at radius 1 is 1.04 bits per heavy atom. The van der Waals surface area contributed by atoms with Crippen molar-refractivity contribution in [2.45, 2.75) is 37.2 Å². The molecule has 1 aliphatic rings. The number of benzene rings is 2. The van der Waals surface area contributed by atoms with Crippen molar-refractivity contribution in [3.8, 4) is 16.9 Å². The molecule has 0 radical (unpaired) electrons. The van der Waals surface area contributed by atoms with E-state index in [2.05, 4.69) is 4.74 Å². The third-order valence-electron chi connectivity index (χ3n) is 4.74. The molecule has 1 aliphatic heterocycles. The summed E-state index contributed by atoms with van der Waals surface area (Å²) >= 11 is 6.27. The molecule has 2 aromatic rings. The Morgan fingerprint density at radius 2 is 1.62 bits per heavy atom. The van der Waals surface area contributed by atoms with Crippen LogP contribution in [-0.2, 0) is 0 Å². The second-order valence-corrected chi connectivity index (χ2v) is 10.7. The van der Waals surface area contributed by atoms with Crippen molar-refractivity contribution >= 4 is 19.2 Å². The van der Waals surface area contributed by atoms with Gasteiger partial charge >= 0.3 is 0 Å². The Balaban J connectivity index is 1.79. The minimum absolute atomic E-state index is 0.312. The molecule has 1 saturated heterocycles. The number of ether oxygens (including phenoxy) is 1. The molecule has 7 heteroatoms. The zero-order chi connectivity index (χ0) is 18.7. The van der Waals surface area contributed by atoms with Crippen LogP contribution in [0.4, 0.5) is 17.6 Å². The summed E-state index contributed by atoms with van der Waals surface area (Å²) in [4.78, 5) is 0. The monoisotopic (exact) mass is 402 g/mol. The van der Waals surface area contributed by atoms with E-state index >= 15 is 0 Å². The van der Waals surface area contributed by atoms with Crippen molar-refractivity contribution in [2.24, 2.45) is 0 Å². The molecule has 0 N–H and O–H groups in total. The van der Waals surface area contributed by atoms with Gasteiger partial charge in [-0.15, -0.1) is 0 Å². The van der Waals surface area contributed by atoms with E-state index in [4.69, 9.17) is 11.1 Å². The van der Waals surface area contributed by atoms with Crippen LogP contribution in [0.15, 0.2) is 36.4 Å². The maximum absolute atomic E-state index is 14.0. The Labute approximate surface area is 156 Å². The molecule has 140 valence electrons. The van der Waals surface area contributed by atoms with E-state index in [-0.39, 0.29) is 0 Å². The highest BCUT2D eigenvalue weighted by atomic mass is 35.6. The summed E-state index contributed by atoms with van der Waals surface area (Å²) in [6, 6.07) is 11.9. The van der Waals surface area contributed by atoms with Gasteiger partial charge in [-0.25, -0.2) is 13.2 Å². The summed E-state index contributed by atoms with van der Waals surface area (Å²) in [7, 11) is -1.02. The van der Waals surface area contributed by atoms with Crippen molar-refractivity contribution in [3.63, 3.8) is 0 Å². The third-order valence-corrected chi connectivity index (χ3v) is 7.97. The fraction of sp³-hybridized carbons (Fsp3) is 0.368. The van der Waals surface area contributed by atoms with Crippen LogP contribution in [0.25, 0.3) is 11.1 Å². The van der Waals surface area contributed by atoms with Gasteiger partial charge in [0.05, 0.1) is 0 Å². The fourth-order valence-corrected chi connectivity index (χ4v) is 5.91. The fourth-order valence-electron chi connectivity index (χ4n) is 3.33. The van der Waals surface area contributed by atoms with Crippen molar-refractivity contribution < 1.29 is 22.3 Å². The SMILES string of the molecule is FCC(F)Oc1c(F)cc(-c2ccc(C3CC[SiH](Cl)CC3)cc2)cc1F. The summed E-state index contributed by atoms with van der Waals surface area (Å²) in [5.74, 6) is -2.55. The first-order valence-corrected chi connectivity index (χ1v) is 12.0. The van der Waals surface area contributed by atoms with Gasteiger partial charge in [0.1, 0.15) is 8.11 Å². The summed E-state index contributed by atoms with van der Waals surface area (Å²) in [5, 5.41) is 0. The minimum Gasteiger partial charge on any atom is -0.451 e. The van der Waals surface area contributed by atoms with Crippen LogP contribution < -0.4 is 4.74 Å². The maximum atomic E-state index is 14.0. The molecule has 1 fully saturated rings. The van der Waals surface area contributed by atoms with Crippen LogP contribution in [0.2, 0.25) is 12.1 Å². The highest BCUT2D eigenvalue weighted by molar-refractivity contribution is 7.07. The predicted octanol–water partition coefficient (Wildman–Crippen LogP) is 6.12. The first-order chi connectivity index (χ1) is 12.5. The molecule has 2 aromatic carbocycles. The Kier molecular flexibility index (Phi) is 6.24. The molecular weight excluding hydrogens is 384 g/mol. The molecule has 1 unspecified atom stereocenters. The second kappa shape index (κ2) is 8.44. The summed E-state index contributed by atoms with van der Waals surface area (Å²) in [6.45, 7) is -1.48. The van der Waals surface area contributed by atoms with E-state index in [0.717, 1.165) is 37.1 Å². The van der Waals surface area contributed by atoms with Crippen molar-refractivity contribution in [3.05, 3.63) is 53.6 Å². The van der Waals surface area contributed by atoms with E-state index in [1.54, 1.807) is 0 Å². The minimum atomic E-state index is -2.39. The number of hydrogen-bond donors (Lipinski definition) is 0. The van der Waals surface area contributed by atoms with Crippen molar-refractivity contribution in [1.82, 2.24) is 0 Å². The number of alkyl halides is 2. The van der Waals surface area contributed by atoms with Crippen LogP contribution in [0.5, 0.6) is 5.75 Å². The molecule has 0 aromatic heterocycles. The first kappa shape index (κ1) is 19.2. The highest BCUT2D eigenvalue weighted by Gasteiger charge is 2.22. The largest absolute Gasteiger partial charge is 0.451 e. The van der Waals surface area contributed by atoms with Gasteiger partial charge in [-0.3, -0.25) is 0 Å². The molecule has 26 heavy (non-hydrogen) atoms. The van der Waals surface area contributed by atoms with Crippen molar-refractivity contribution in [1.29, 1.82) is 0 Å². The molecule has 1 atom stereocenters. The van der Waals surface area contributed by atoms with Gasteiger partial charge in [-0.05, 0) is 59.7 Å². The zero-order valence-electron chi connectivity index (χ0n) is 14.0. The van der Waals surface area contributed by atoms with E-state index in [9.17, 15) is 17.6 Å². The average molecular weight is 403 g/mol. The van der Waals surface area contributed by atoms with Crippen LogP contribution in [0.3, 0.4) is 0 Å². The number of halogens is 5. The van der Waals surface area contributed by atoms with E-state index in [0.29, 0.717) is 17.0 Å². The number of hydrogen-bond acceptors (Lipinski definition) is 1. The third kappa shape index (κ3) is 4.41. The Morgan fingerprint density at radius 3 is 2.15 bits per heavy atom. The Hall–Kier alpha value is -1.53. The van der Waals surface area contributed by atoms with Gasteiger partial charge in [0.15, 0.2) is 24.1 Å². The molecule has 0 bridgehead atoms. The molecule has 1 nitrogen and oxygen atoms in total. The van der Waals surface area contributed by atoms with Gasteiger partial charge in [0.25, 0.3) is 6.36 Å². The van der Waals surface area contributed by atoms with Gasteiger partial charge in [-0.1, -0.05) is 24.3 Å². The lowest BCUT2D eigenvalue weighted by Crippen LogP contribution is -2.14. The zero-order valence-corrected chi connectivity index (χ0v) is 15.9. The van der Waals surface area contributed by atoms with Gasteiger partial charge in [0.2, 0.25) is 0 Å². The van der Waals surface area contributed by atoms with E-state index in [1.165, 1.54) is 5.56 Å². The lowest BCUT2D eigenvalue weighted by molar-refractivity contribution is 0.0363. The molecule has 1 heterocycles. The van der Waals surface area contributed by atoms with Crippen molar-refractivity contribution in [2.75, 3.05) is 6.67 Å². The Bertz CT molecular complexity index is 725. The topological polar surface area (TPSA) is 9.23 Å². The quantitative estimate of drug-likeness (QED) is 0.333. The van der Waals surface area contributed by atoms with Crippen LogP contribution in [0.1, 0.15) is 24.3 Å². The lowest BCUT2D eigenvalue weighted by Gasteiger charge is -2.24. The molecule has 0 spiro atoms. The lowest BCUT2D eigenvalue weighted by atomic mass is 9.92. The summed E-state index contributed by atoms with van der Waals surface area (Å²) in [6.07, 6.45) is -0.211. The molecule has 0 aliphatic carbocycles. The van der Waals surface area contributed by atoms with E-state index in [1.807, 2.05) is 24.3 Å². The normalized spacial score (nSPS) is 21.4. The summed E-state index contributed by atoms with van der Waals surface area (Å²) < 4.78 is 57.5. The van der Waals surface area contributed by atoms with E-state index < -0.39 is 38.5 Å². The van der Waals surface area contributed by atoms with Crippen LogP contribution in [0, 0.1) is 11.6 Å². The maximum Gasteiger partial charge on any atom is 0.266 e. The smallest absolute Gasteiger partial charge is 0.266 e.